The third-order valence-corrected chi connectivity index (χ3v) is 5.48. The van der Waals surface area contributed by atoms with E-state index in [2.05, 4.69) is 30.5 Å². The molecule has 4 rings (SSSR count). The molecule has 2 aromatic carbocycles. The number of methoxy groups -OCH3 is 2. The average molecular weight is 337 g/mol. The van der Waals surface area contributed by atoms with Gasteiger partial charge in [-0.05, 0) is 54.2 Å². The van der Waals surface area contributed by atoms with Gasteiger partial charge in [-0.1, -0.05) is 24.3 Å². The Kier molecular flexibility index (Phi) is 3.83. The first-order valence-corrected chi connectivity index (χ1v) is 8.61. The van der Waals surface area contributed by atoms with Crippen molar-refractivity contribution in [1.82, 2.24) is 0 Å². The summed E-state index contributed by atoms with van der Waals surface area (Å²) in [5, 5.41) is 14.0. The van der Waals surface area contributed by atoms with Crippen molar-refractivity contribution < 1.29 is 14.6 Å². The Morgan fingerprint density at radius 2 is 1.88 bits per heavy atom. The summed E-state index contributed by atoms with van der Waals surface area (Å²) in [6, 6.07) is 9.93. The van der Waals surface area contributed by atoms with E-state index in [-0.39, 0.29) is 6.04 Å². The van der Waals surface area contributed by atoms with E-state index < -0.39 is 0 Å². The fourth-order valence-electron chi connectivity index (χ4n) is 4.26. The van der Waals surface area contributed by atoms with E-state index in [9.17, 15) is 5.11 Å². The van der Waals surface area contributed by atoms with Crippen LogP contribution >= 0.6 is 0 Å². The zero-order valence-corrected chi connectivity index (χ0v) is 14.7. The van der Waals surface area contributed by atoms with Gasteiger partial charge in [0.2, 0.25) is 0 Å². The van der Waals surface area contributed by atoms with Crippen LogP contribution in [0, 0.1) is 12.8 Å². The van der Waals surface area contributed by atoms with Crippen LogP contribution in [0.15, 0.2) is 42.5 Å². The van der Waals surface area contributed by atoms with E-state index in [1.807, 2.05) is 18.2 Å². The SMILES string of the molecule is COc1ccc(C2Nc3c(O)ccc(C)c3C3C=CCC32)cc1OC. The van der Waals surface area contributed by atoms with Gasteiger partial charge in [-0.25, -0.2) is 0 Å². The standard InChI is InChI=1S/C21H23NO3/c1-12-7-9-16(23)21-19(12)14-5-4-6-15(14)20(22-21)13-8-10-17(24-2)18(11-13)25-3/h4-5,7-11,14-15,20,22-23H,6H2,1-3H3. The van der Waals surface area contributed by atoms with Crippen molar-refractivity contribution in [2.75, 3.05) is 19.5 Å². The second kappa shape index (κ2) is 6.03. The number of allylic oxidation sites excluding steroid dienone is 2. The molecule has 4 heteroatoms. The molecule has 2 N–H and O–H groups in total. The number of hydrogen-bond acceptors (Lipinski definition) is 4. The highest BCUT2D eigenvalue weighted by Gasteiger charge is 2.39. The summed E-state index contributed by atoms with van der Waals surface area (Å²) < 4.78 is 10.8. The van der Waals surface area contributed by atoms with Crippen LogP contribution in [-0.2, 0) is 0 Å². The number of aromatic hydroxyl groups is 1. The Balaban J connectivity index is 1.81. The van der Waals surface area contributed by atoms with Gasteiger partial charge in [0.1, 0.15) is 5.75 Å². The summed E-state index contributed by atoms with van der Waals surface area (Å²) in [6.45, 7) is 2.11. The molecule has 2 aromatic rings. The summed E-state index contributed by atoms with van der Waals surface area (Å²) in [5.41, 5.74) is 4.43. The molecule has 0 saturated carbocycles. The molecule has 1 aliphatic carbocycles. The van der Waals surface area contributed by atoms with E-state index in [0.717, 1.165) is 29.2 Å². The lowest BCUT2D eigenvalue weighted by Gasteiger charge is -2.38. The van der Waals surface area contributed by atoms with E-state index in [4.69, 9.17) is 9.47 Å². The first-order valence-electron chi connectivity index (χ1n) is 8.61. The molecule has 0 spiro atoms. The highest BCUT2D eigenvalue weighted by molar-refractivity contribution is 5.69. The maximum Gasteiger partial charge on any atom is 0.161 e. The van der Waals surface area contributed by atoms with Crippen LogP contribution in [0.3, 0.4) is 0 Å². The second-order valence-corrected chi connectivity index (χ2v) is 6.78. The molecule has 2 aliphatic rings. The molecule has 130 valence electrons. The quantitative estimate of drug-likeness (QED) is 0.637. The van der Waals surface area contributed by atoms with Gasteiger partial charge in [0.05, 0.1) is 25.9 Å². The summed E-state index contributed by atoms with van der Waals surface area (Å²) in [5.74, 6) is 2.50. The van der Waals surface area contributed by atoms with Crippen molar-refractivity contribution in [3.8, 4) is 17.2 Å². The van der Waals surface area contributed by atoms with Crippen molar-refractivity contribution in [2.24, 2.45) is 5.92 Å². The van der Waals surface area contributed by atoms with Crippen LogP contribution in [0.25, 0.3) is 0 Å². The molecule has 0 bridgehead atoms. The van der Waals surface area contributed by atoms with Gasteiger partial charge in [-0.2, -0.15) is 0 Å². The predicted molar refractivity (Wildman–Crippen MR) is 98.7 cm³/mol. The van der Waals surface area contributed by atoms with Crippen LogP contribution < -0.4 is 14.8 Å². The number of fused-ring (bicyclic) bond motifs is 3. The minimum absolute atomic E-state index is 0.111. The summed E-state index contributed by atoms with van der Waals surface area (Å²) in [4.78, 5) is 0. The van der Waals surface area contributed by atoms with Crippen molar-refractivity contribution in [3.63, 3.8) is 0 Å². The van der Waals surface area contributed by atoms with E-state index in [1.54, 1.807) is 20.3 Å². The number of phenols is 1. The molecule has 25 heavy (non-hydrogen) atoms. The lowest BCUT2D eigenvalue weighted by atomic mass is 9.75. The number of aryl methyl sites for hydroxylation is 1. The van der Waals surface area contributed by atoms with Crippen LogP contribution in [0.1, 0.15) is 35.1 Å². The van der Waals surface area contributed by atoms with Crippen molar-refractivity contribution in [2.45, 2.75) is 25.3 Å². The third kappa shape index (κ3) is 2.44. The van der Waals surface area contributed by atoms with Crippen LogP contribution in [0.4, 0.5) is 5.69 Å². The summed E-state index contributed by atoms with van der Waals surface area (Å²) in [6.07, 6.45) is 5.55. The van der Waals surface area contributed by atoms with Crippen LogP contribution in [0.5, 0.6) is 17.2 Å². The highest BCUT2D eigenvalue weighted by atomic mass is 16.5. The Morgan fingerprint density at radius 1 is 1.08 bits per heavy atom. The highest BCUT2D eigenvalue weighted by Crippen LogP contribution is 2.53. The Labute approximate surface area is 148 Å². The van der Waals surface area contributed by atoms with Gasteiger partial charge in [0, 0.05) is 5.92 Å². The fraction of sp³-hybridized carbons (Fsp3) is 0.333. The molecule has 0 amide bonds. The molecular weight excluding hydrogens is 314 g/mol. The van der Waals surface area contributed by atoms with Gasteiger partial charge < -0.3 is 19.9 Å². The first-order chi connectivity index (χ1) is 12.1. The number of anilines is 1. The third-order valence-electron chi connectivity index (χ3n) is 5.48. The van der Waals surface area contributed by atoms with Crippen molar-refractivity contribution in [3.05, 3.63) is 59.2 Å². The van der Waals surface area contributed by atoms with Gasteiger partial charge in [-0.15, -0.1) is 0 Å². The number of ether oxygens (including phenoxy) is 2. The van der Waals surface area contributed by atoms with Crippen LogP contribution in [-0.4, -0.2) is 19.3 Å². The van der Waals surface area contributed by atoms with E-state index >= 15 is 0 Å². The number of benzene rings is 2. The number of hydrogen-bond donors (Lipinski definition) is 2. The molecule has 3 atom stereocenters. The van der Waals surface area contributed by atoms with Gasteiger partial charge in [0.15, 0.2) is 11.5 Å². The Morgan fingerprint density at radius 3 is 2.64 bits per heavy atom. The van der Waals surface area contributed by atoms with Gasteiger partial charge >= 0.3 is 0 Å². The predicted octanol–water partition coefficient (Wildman–Crippen LogP) is 4.54. The fourth-order valence-corrected chi connectivity index (χ4v) is 4.26. The van der Waals surface area contributed by atoms with Crippen molar-refractivity contribution >= 4 is 5.69 Å². The average Bonchev–Trinajstić information content (AvgIpc) is 3.13. The number of nitrogens with one attached hydrogen (secondary N) is 1. The lowest BCUT2D eigenvalue weighted by molar-refractivity contribution is 0.352. The maximum absolute atomic E-state index is 10.4. The molecule has 0 aromatic heterocycles. The van der Waals surface area contributed by atoms with E-state index in [0.29, 0.717) is 17.6 Å². The number of phenolic OH excluding ortho intramolecular Hbond substituents is 1. The summed E-state index contributed by atoms with van der Waals surface area (Å²) in [7, 11) is 3.30. The van der Waals surface area contributed by atoms with Gasteiger partial charge in [-0.3, -0.25) is 0 Å². The molecule has 1 aliphatic heterocycles. The summed E-state index contributed by atoms with van der Waals surface area (Å²) >= 11 is 0. The monoisotopic (exact) mass is 337 g/mol. The Hall–Kier alpha value is -2.62. The minimum atomic E-state index is 0.111. The normalized spacial score (nSPS) is 23.6. The van der Waals surface area contributed by atoms with Gasteiger partial charge in [0.25, 0.3) is 0 Å². The van der Waals surface area contributed by atoms with E-state index in [1.165, 1.54) is 11.1 Å². The smallest absolute Gasteiger partial charge is 0.161 e. The molecule has 0 saturated heterocycles. The zero-order valence-electron chi connectivity index (χ0n) is 14.7. The molecule has 1 heterocycles. The zero-order chi connectivity index (χ0) is 17.6. The molecule has 4 nitrogen and oxygen atoms in total. The second-order valence-electron chi connectivity index (χ2n) is 6.78. The molecule has 0 fully saturated rings. The molecule has 0 radical (unpaired) electrons. The maximum atomic E-state index is 10.4. The largest absolute Gasteiger partial charge is 0.506 e. The topological polar surface area (TPSA) is 50.7 Å². The van der Waals surface area contributed by atoms with Crippen molar-refractivity contribution in [1.29, 1.82) is 0 Å². The molecular formula is C21H23NO3. The van der Waals surface area contributed by atoms with Crippen LogP contribution in [0.2, 0.25) is 0 Å². The first kappa shape index (κ1) is 15.9. The number of rotatable bonds is 3. The minimum Gasteiger partial charge on any atom is -0.506 e. The molecule has 3 unspecified atom stereocenters. The lowest BCUT2D eigenvalue weighted by Crippen LogP contribution is -2.29. The Bertz CT molecular complexity index is 843.